The fourth-order valence-corrected chi connectivity index (χ4v) is 3.59. The van der Waals surface area contributed by atoms with E-state index in [1.54, 1.807) is 31.2 Å². The van der Waals surface area contributed by atoms with Crippen LogP contribution in [0.1, 0.15) is 17.3 Å². The lowest BCUT2D eigenvalue weighted by Crippen LogP contribution is -2.35. The number of sulfonamides is 1. The van der Waals surface area contributed by atoms with Gasteiger partial charge in [-0.1, -0.05) is 17.7 Å². The largest absolute Gasteiger partial charge is 0.383 e. The smallest absolute Gasteiger partial charge is 0.255 e. The Kier molecular flexibility index (Phi) is 6.55. The Labute approximate surface area is 152 Å². The summed E-state index contributed by atoms with van der Waals surface area (Å²) in [7, 11) is -2.17. The van der Waals surface area contributed by atoms with E-state index in [9.17, 15) is 13.2 Å². The number of amides is 1. The summed E-state index contributed by atoms with van der Waals surface area (Å²) in [6, 6.07) is 12.1. The SMILES string of the molecule is COC[C@@H](C)NS(=O)(=O)c1ccc(C(=O)Nc2cccc(Cl)c2)cc1. The number of hydrogen-bond acceptors (Lipinski definition) is 4. The van der Waals surface area contributed by atoms with Crippen LogP contribution in [0.25, 0.3) is 0 Å². The van der Waals surface area contributed by atoms with Crippen molar-refractivity contribution < 1.29 is 17.9 Å². The van der Waals surface area contributed by atoms with E-state index >= 15 is 0 Å². The summed E-state index contributed by atoms with van der Waals surface area (Å²) in [5.41, 5.74) is 0.896. The van der Waals surface area contributed by atoms with E-state index in [1.165, 1.54) is 31.4 Å². The van der Waals surface area contributed by atoms with Gasteiger partial charge in [-0.2, -0.15) is 0 Å². The quantitative estimate of drug-likeness (QED) is 0.771. The molecule has 0 spiro atoms. The first kappa shape index (κ1) is 19.4. The molecule has 0 radical (unpaired) electrons. The van der Waals surface area contributed by atoms with Crippen molar-refractivity contribution in [3.8, 4) is 0 Å². The normalized spacial score (nSPS) is 12.6. The molecule has 0 unspecified atom stereocenters. The van der Waals surface area contributed by atoms with Crippen LogP contribution >= 0.6 is 11.6 Å². The standard InChI is InChI=1S/C17H19ClN2O4S/c1-12(11-24-2)20-25(22,23)16-8-6-13(7-9-16)17(21)19-15-5-3-4-14(18)10-15/h3-10,12,20H,11H2,1-2H3,(H,19,21)/t12-/m1/s1. The van der Waals surface area contributed by atoms with Gasteiger partial charge in [0.2, 0.25) is 10.0 Å². The molecule has 6 nitrogen and oxygen atoms in total. The Morgan fingerprint density at radius 3 is 2.48 bits per heavy atom. The van der Waals surface area contributed by atoms with Crippen LogP contribution in [0, 0.1) is 0 Å². The minimum Gasteiger partial charge on any atom is -0.383 e. The van der Waals surface area contributed by atoms with E-state index in [0.29, 0.717) is 16.3 Å². The Morgan fingerprint density at radius 2 is 1.88 bits per heavy atom. The number of nitrogens with one attached hydrogen (secondary N) is 2. The Balaban J connectivity index is 2.09. The maximum Gasteiger partial charge on any atom is 0.255 e. The molecule has 2 rings (SSSR count). The van der Waals surface area contributed by atoms with Gasteiger partial charge >= 0.3 is 0 Å². The monoisotopic (exact) mass is 382 g/mol. The molecule has 1 atom stereocenters. The van der Waals surface area contributed by atoms with Crippen molar-refractivity contribution in [3.63, 3.8) is 0 Å². The molecule has 8 heteroatoms. The van der Waals surface area contributed by atoms with Crippen LogP contribution in [-0.4, -0.2) is 34.1 Å². The third-order valence-corrected chi connectivity index (χ3v) is 5.12. The second-order valence-corrected chi connectivity index (χ2v) is 7.62. The predicted molar refractivity (Wildman–Crippen MR) is 97.5 cm³/mol. The van der Waals surface area contributed by atoms with Crippen LogP contribution in [0.5, 0.6) is 0 Å². The van der Waals surface area contributed by atoms with Crippen LogP contribution in [0.3, 0.4) is 0 Å². The fourth-order valence-electron chi connectivity index (χ4n) is 2.17. The molecule has 25 heavy (non-hydrogen) atoms. The number of anilines is 1. The molecular formula is C17H19ClN2O4S. The zero-order valence-electron chi connectivity index (χ0n) is 13.8. The maximum atomic E-state index is 12.2. The second-order valence-electron chi connectivity index (χ2n) is 5.47. The molecule has 0 aliphatic carbocycles. The summed E-state index contributed by atoms with van der Waals surface area (Å²) in [4.78, 5) is 12.3. The van der Waals surface area contributed by atoms with Gasteiger partial charge in [-0.3, -0.25) is 4.79 Å². The van der Waals surface area contributed by atoms with Gasteiger partial charge in [0, 0.05) is 29.4 Å². The van der Waals surface area contributed by atoms with Gasteiger partial charge in [0.05, 0.1) is 11.5 Å². The van der Waals surface area contributed by atoms with Crippen molar-refractivity contribution in [2.45, 2.75) is 17.9 Å². The van der Waals surface area contributed by atoms with Crippen molar-refractivity contribution >= 4 is 33.2 Å². The third kappa shape index (κ3) is 5.54. The lowest BCUT2D eigenvalue weighted by molar-refractivity contribution is 0.102. The van der Waals surface area contributed by atoms with E-state index in [4.69, 9.17) is 16.3 Å². The molecular weight excluding hydrogens is 364 g/mol. The van der Waals surface area contributed by atoms with Crippen LogP contribution in [0.4, 0.5) is 5.69 Å². The highest BCUT2D eigenvalue weighted by Crippen LogP contribution is 2.17. The number of carbonyl (C=O) groups is 1. The van der Waals surface area contributed by atoms with Gasteiger partial charge in [0.15, 0.2) is 0 Å². The molecule has 2 aromatic carbocycles. The van der Waals surface area contributed by atoms with Crippen molar-refractivity contribution in [2.75, 3.05) is 19.0 Å². The van der Waals surface area contributed by atoms with Gasteiger partial charge in [-0.05, 0) is 49.4 Å². The van der Waals surface area contributed by atoms with Crippen LogP contribution in [-0.2, 0) is 14.8 Å². The Hall–Kier alpha value is -1.93. The molecule has 0 aliphatic heterocycles. The number of benzene rings is 2. The van der Waals surface area contributed by atoms with E-state index in [2.05, 4.69) is 10.0 Å². The molecule has 0 aliphatic rings. The average molecular weight is 383 g/mol. The minimum absolute atomic E-state index is 0.0785. The van der Waals surface area contributed by atoms with Crippen molar-refractivity contribution in [2.24, 2.45) is 0 Å². The molecule has 0 fully saturated rings. The van der Waals surface area contributed by atoms with Crippen LogP contribution < -0.4 is 10.0 Å². The maximum absolute atomic E-state index is 12.2. The van der Waals surface area contributed by atoms with Gasteiger partial charge < -0.3 is 10.1 Å². The van der Waals surface area contributed by atoms with Crippen LogP contribution in [0.15, 0.2) is 53.4 Å². The lowest BCUT2D eigenvalue weighted by atomic mass is 10.2. The number of hydrogen-bond donors (Lipinski definition) is 2. The van der Waals surface area contributed by atoms with Gasteiger partial charge in [-0.15, -0.1) is 0 Å². The molecule has 1 amide bonds. The number of ether oxygens (including phenoxy) is 1. The summed E-state index contributed by atoms with van der Waals surface area (Å²) in [6.45, 7) is 1.97. The molecule has 2 N–H and O–H groups in total. The number of rotatable bonds is 7. The summed E-state index contributed by atoms with van der Waals surface area (Å²) in [5.74, 6) is -0.355. The number of methoxy groups -OCH3 is 1. The highest BCUT2D eigenvalue weighted by Gasteiger charge is 2.18. The Bertz CT molecular complexity index is 838. The molecule has 0 bridgehead atoms. The first-order chi connectivity index (χ1) is 11.8. The van der Waals surface area contributed by atoms with Crippen molar-refractivity contribution in [1.82, 2.24) is 4.72 Å². The van der Waals surface area contributed by atoms with Gasteiger partial charge in [-0.25, -0.2) is 13.1 Å². The van der Waals surface area contributed by atoms with Gasteiger partial charge in [0.1, 0.15) is 0 Å². The highest BCUT2D eigenvalue weighted by atomic mass is 35.5. The van der Waals surface area contributed by atoms with Gasteiger partial charge in [0.25, 0.3) is 5.91 Å². The number of carbonyl (C=O) groups excluding carboxylic acids is 1. The minimum atomic E-state index is -3.67. The van der Waals surface area contributed by atoms with E-state index in [-0.39, 0.29) is 23.5 Å². The number of halogens is 1. The fraction of sp³-hybridized carbons (Fsp3) is 0.235. The van der Waals surface area contributed by atoms with Crippen LogP contribution in [0.2, 0.25) is 5.02 Å². The summed E-state index contributed by atoms with van der Waals surface area (Å²) < 4.78 is 31.9. The second kappa shape index (κ2) is 8.44. The molecule has 0 aromatic heterocycles. The summed E-state index contributed by atoms with van der Waals surface area (Å²) in [5, 5.41) is 3.21. The van der Waals surface area contributed by atoms with Crippen molar-refractivity contribution in [3.05, 3.63) is 59.1 Å². The molecule has 2 aromatic rings. The zero-order valence-corrected chi connectivity index (χ0v) is 15.4. The molecule has 0 heterocycles. The Morgan fingerprint density at radius 1 is 1.20 bits per heavy atom. The predicted octanol–water partition coefficient (Wildman–Crippen LogP) is 2.91. The third-order valence-electron chi connectivity index (χ3n) is 3.28. The molecule has 134 valence electrons. The zero-order chi connectivity index (χ0) is 18.4. The first-order valence-corrected chi connectivity index (χ1v) is 9.36. The van der Waals surface area contributed by atoms with E-state index in [1.807, 2.05) is 0 Å². The van der Waals surface area contributed by atoms with E-state index < -0.39 is 10.0 Å². The summed E-state index contributed by atoms with van der Waals surface area (Å²) in [6.07, 6.45) is 0. The lowest BCUT2D eigenvalue weighted by Gasteiger charge is -2.13. The first-order valence-electron chi connectivity index (χ1n) is 7.50. The molecule has 0 saturated carbocycles. The summed E-state index contributed by atoms with van der Waals surface area (Å²) >= 11 is 5.88. The topological polar surface area (TPSA) is 84.5 Å². The molecule has 0 saturated heterocycles. The van der Waals surface area contributed by atoms with E-state index in [0.717, 1.165) is 0 Å². The average Bonchev–Trinajstić information content (AvgIpc) is 2.54. The van der Waals surface area contributed by atoms with Crippen molar-refractivity contribution in [1.29, 1.82) is 0 Å². The highest BCUT2D eigenvalue weighted by molar-refractivity contribution is 7.89.